The Kier molecular flexibility index (Phi) is 3.89. The van der Waals surface area contributed by atoms with Crippen LogP contribution in [-0.4, -0.2) is 24.0 Å². The van der Waals surface area contributed by atoms with Crippen molar-refractivity contribution in [3.05, 3.63) is 42.2 Å². The minimum absolute atomic E-state index is 0.103. The number of rotatable bonds is 5. The summed E-state index contributed by atoms with van der Waals surface area (Å²) in [5, 5.41) is 3.99. The van der Waals surface area contributed by atoms with E-state index >= 15 is 0 Å². The SMILES string of the molecule is CCn1cc(NS(=O)(=O)c2ccc(C(C)=O)cc2)cn1. The Morgan fingerprint density at radius 1 is 1.30 bits per heavy atom. The normalized spacial score (nSPS) is 11.3. The third-order valence-electron chi connectivity index (χ3n) is 2.78. The van der Waals surface area contributed by atoms with Gasteiger partial charge < -0.3 is 0 Å². The molecule has 2 aromatic rings. The molecule has 0 spiro atoms. The standard InChI is InChI=1S/C13H15N3O3S/c1-3-16-9-12(8-14-16)15-20(18,19)13-6-4-11(5-7-13)10(2)17/h4-9,15H,3H2,1-2H3. The maximum Gasteiger partial charge on any atom is 0.261 e. The van der Waals surface area contributed by atoms with Crippen molar-refractivity contribution in [2.45, 2.75) is 25.3 Å². The first-order valence-electron chi connectivity index (χ1n) is 6.08. The zero-order valence-corrected chi connectivity index (χ0v) is 12.0. The number of ketones is 1. The van der Waals surface area contributed by atoms with Crippen molar-refractivity contribution < 1.29 is 13.2 Å². The van der Waals surface area contributed by atoms with Gasteiger partial charge in [0.2, 0.25) is 0 Å². The molecule has 106 valence electrons. The van der Waals surface area contributed by atoms with Gasteiger partial charge in [-0.05, 0) is 26.0 Å². The van der Waals surface area contributed by atoms with Crippen LogP contribution >= 0.6 is 0 Å². The second-order valence-corrected chi connectivity index (χ2v) is 5.95. The number of sulfonamides is 1. The van der Waals surface area contributed by atoms with E-state index in [4.69, 9.17) is 0 Å². The predicted octanol–water partition coefficient (Wildman–Crippen LogP) is 1.91. The van der Waals surface area contributed by atoms with Crippen molar-refractivity contribution in [2.75, 3.05) is 4.72 Å². The molecule has 1 aromatic carbocycles. The highest BCUT2D eigenvalue weighted by atomic mass is 32.2. The van der Waals surface area contributed by atoms with Crippen LogP contribution in [0.3, 0.4) is 0 Å². The zero-order chi connectivity index (χ0) is 14.8. The molecule has 0 saturated heterocycles. The minimum atomic E-state index is -3.67. The molecule has 0 radical (unpaired) electrons. The van der Waals surface area contributed by atoms with Gasteiger partial charge in [0.05, 0.1) is 16.8 Å². The van der Waals surface area contributed by atoms with Gasteiger partial charge in [-0.1, -0.05) is 12.1 Å². The number of aryl methyl sites for hydroxylation is 1. The summed E-state index contributed by atoms with van der Waals surface area (Å²) >= 11 is 0. The Morgan fingerprint density at radius 2 is 1.95 bits per heavy atom. The Hall–Kier alpha value is -2.15. The summed E-state index contributed by atoms with van der Waals surface area (Å²) in [5.74, 6) is -0.105. The maximum absolute atomic E-state index is 12.1. The van der Waals surface area contributed by atoms with Crippen LogP contribution < -0.4 is 4.72 Å². The molecule has 1 aromatic heterocycles. The van der Waals surface area contributed by atoms with Crippen molar-refractivity contribution >= 4 is 21.5 Å². The van der Waals surface area contributed by atoms with Gasteiger partial charge in [0.15, 0.2) is 5.78 Å². The van der Waals surface area contributed by atoms with E-state index in [0.29, 0.717) is 17.8 Å². The molecule has 0 bridgehead atoms. The van der Waals surface area contributed by atoms with Gasteiger partial charge in [0.1, 0.15) is 0 Å². The third-order valence-corrected chi connectivity index (χ3v) is 4.18. The van der Waals surface area contributed by atoms with Gasteiger partial charge in [-0.15, -0.1) is 0 Å². The number of carbonyl (C=O) groups excluding carboxylic acids is 1. The molecule has 0 aliphatic heterocycles. The minimum Gasteiger partial charge on any atom is -0.295 e. The summed E-state index contributed by atoms with van der Waals surface area (Å²) in [4.78, 5) is 11.3. The molecule has 1 N–H and O–H groups in total. The molecule has 0 unspecified atom stereocenters. The summed E-state index contributed by atoms with van der Waals surface area (Å²) < 4.78 is 28.4. The first kappa shape index (κ1) is 14.3. The number of hydrogen-bond donors (Lipinski definition) is 1. The van der Waals surface area contributed by atoms with Crippen LogP contribution in [0.2, 0.25) is 0 Å². The summed E-state index contributed by atoms with van der Waals surface area (Å²) in [6.45, 7) is 4.00. The molecule has 2 rings (SSSR count). The first-order chi connectivity index (χ1) is 9.42. The van der Waals surface area contributed by atoms with Crippen molar-refractivity contribution in [3.63, 3.8) is 0 Å². The average molecular weight is 293 g/mol. The van der Waals surface area contributed by atoms with E-state index in [0.717, 1.165) is 0 Å². The lowest BCUT2D eigenvalue weighted by Crippen LogP contribution is -2.12. The van der Waals surface area contributed by atoms with Crippen LogP contribution in [0.1, 0.15) is 24.2 Å². The highest BCUT2D eigenvalue weighted by molar-refractivity contribution is 7.92. The van der Waals surface area contributed by atoms with Gasteiger partial charge in [-0.3, -0.25) is 14.2 Å². The number of nitrogens with one attached hydrogen (secondary N) is 1. The van der Waals surface area contributed by atoms with Crippen LogP contribution in [0.5, 0.6) is 0 Å². The largest absolute Gasteiger partial charge is 0.295 e. The van der Waals surface area contributed by atoms with Gasteiger partial charge >= 0.3 is 0 Å². The summed E-state index contributed by atoms with van der Waals surface area (Å²) in [6.07, 6.45) is 3.06. The second-order valence-electron chi connectivity index (χ2n) is 4.27. The monoisotopic (exact) mass is 293 g/mol. The van der Waals surface area contributed by atoms with Crippen LogP contribution in [-0.2, 0) is 16.6 Å². The van der Waals surface area contributed by atoms with E-state index < -0.39 is 10.0 Å². The first-order valence-corrected chi connectivity index (χ1v) is 7.57. The van der Waals surface area contributed by atoms with Crippen molar-refractivity contribution in [1.82, 2.24) is 9.78 Å². The van der Waals surface area contributed by atoms with Gasteiger partial charge in [-0.25, -0.2) is 8.42 Å². The second kappa shape index (κ2) is 5.46. The van der Waals surface area contributed by atoms with Crippen molar-refractivity contribution in [1.29, 1.82) is 0 Å². The number of aromatic nitrogens is 2. The van der Waals surface area contributed by atoms with Gasteiger partial charge in [0.25, 0.3) is 10.0 Å². The fourth-order valence-corrected chi connectivity index (χ4v) is 2.70. The number of hydrogen-bond acceptors (Lipinski definition) is 4. The molecule has 0 atom stereocenters. The van der Waals surface area contributed by atoms with Crippen LogP contribution in [0.25, 0.3) is 0 Å². The lowest BCUT2D eigenvalue weighted by Gasteiger charge is -2.06. The average Bonchev–Trinajstić information content (AvgIpc) is 2.85. The quantitative estimate of drug-likeness (QED) is 0.854. The van der Waals surface area contributed by atoms with Crippen molar-refractivity contribution in [2.24, 2.45) is 0 Å². The molecule has 20 heavy (non-hydrogen) atoms. The van der Waals surface area contributed by atoms with E-state index in [-0.39, 0.29) is 10.7 Å². The smallest absolute Gasteiger partial charge is 0.261 e. The van der Waals surface area contributed by atoms with E-state index in [1.807, 2.05) is 6.92 Å². The predicted molar refractivity (Wildman–Crippen MR) is 75.2 cm³/mol. The topological polar surface area (TPSA) is 81.1 Å². The zero-order valence-electron chi connectivity index (χ0n) is 11.2. The van der Waals surface area contributed by atoms with Crippen LogP contribution in [0.4, 0.5) is 5.69 Å². The van der Waals surface area contributed by atoms with Crippen molar-refractivity contribution in [3.8, 4) is 0 Å². The molecule has 0 saturated carbocycles. The van der Waals surface area contributed by atoms with E-state index in [1.165, 1.54) is 37.4 Å². The third kappa shape index (κ3) is 3.05. The molecule has 0 aliphatic rings. The van der Waals surface area contributed by atoms with E-state index in [9.17, 15) is 13.2 Å². The lowest BCUT2D eigenvalue weighted by atomic mass is 10.2. The van der Waals surface area contributed by atoms with Crippen LogP contribution in [0.15, 0.2) is 41.6 Å². The summed E-state index contributed by atoms with van der Waals surface area (Å²) in [6, 6.07) is 5.80. The Morgan fingerprint density at radius 3 is 2.45 bits per heavy atom. The van der Waals surface area contributed by atoms with Crippen LogP contribution in [0, 0.1) is 0 Å². The summed E-state index contributed by atoms with van der Waals surface area (Å²) in [7, 11) is -3.67. The highest BCUT2D eigenvalue weighted by Crippen LogP contribution is 2.16. The molecule has 1 heterocycles. The Bertz CT molecular complexity index is 718. The molecule has 0 aliphatic carbocycles. The summed E-state index contributed by atoms with van der Waals surface area (Å²) in [5.41, 5.74) is 0.880. The van der Waals surface area contributed by atoms with Gasteiger partial charge in [-0.2, -0.15) is 5.10 Å². The Balaban J connectivity index is 2.23. The van der Waals surface area contributed by atoms with E-state index in [2.05, 4.69) is 9.82 Å². The molecular weight excluding hydrogens is 278 g/mol. The molecule has 6 nitrogen and oxygen atoms in total. The molecule has 0 fully saturated rings. The van der Waals surface area contributed by atoms with E-state index in [1.54, 1.807) is 10.9 Å². The number of nitrogens with zero attached hydrogens (tertiary/aromatic N) is 2. The number of anilines is 1. The number of benzene rings is 1. The number of Topliss-reactive ketones (excluding diaryl/α,β-unsaturated/α-hetero) is 1. The molecule has 0 amide bonds. The fraction of sp³-hybridized carbons (Fsp3) is 0.231. The maximum atomic E-state index is 12.1. The molecular formula is C13H15N3O3S. The lowest BCUT2D eigenvalue weighted by molar-refractivity contribution is 0.101. The Labute approximate surface area is 117 Å². The number of carbonyl (C=O) groups is 1. The fourth-order valence-electron chi connectivity index (χ4n) is 1.67. The highest BCUT2D eigenvalue weighted by Gasteiger charge is 2.15. The van der Waals surface area contributed by atoms with Gasteiger partial charge in [0, 0.05) is 18.3 Å². The molecule has 7 heteroatoms.